The van der Waals surface area contributed by atoms with Gasteiger partial charge >= 0.3 is 0 Å². The maximum Gasteiger partial charge on any atom is 0.290 e. The van der Waals surface area contributed by atoms with Crippen LogP contribution in [-0.2, 0) is 11.3 Å². The maximum absolute atomic E-state index is 12.2. The number of carbonyl (C=O) groups excluding carboxylic acids is 2. The highest BCUT2D eigenvalue weighted by Gasteiger charge is 2.29. The molecule has 3 aliphatic rings. The Kier molecular flexibility index (Phi) is 8.07. The fourth-order valence-corrected chi connectivity index (χ4v) is 5.90. The minimum atomic E-state index is -0.378. The van der Waals surface area contributed by atoms with E-state index in [1.54, 1.807) is 6.08 Å². The van der Waals surface area contributed by atoms with Crippen LogP contribution >= 0.6 is 11.8 Å². The van der Waals surface area contributed by atoms with Gasteiger partial charge in [-0.15, -0.1) is 0 Å². The summed E-state index contributed by atoms with van der Waals surface area (Å²) in [6, 6.07) is 12.8. The summed E-state index contributed by atoms with van der Waals surface area (Å²) in [5.74, 6) is 1.07. The van der Waals surface area contributed by atoms with Crippen LogP contribution in [0.4, 0.5) is 16.6 Å². The molecule has 1 N–H and O–H groups in total. The monoisotopic (exact) mass is 521 g/mol. The lowest BCUT2D eigenvalue weighted by Crippen LogP contribution is -2.53. The number of hydrogen-bond donors (Lipinski definition) is 1. The van der Waals surface area contributed by atoms with Crippen molar-refractivity contribution in [1.82, 2.24) is 25.1 Å². The molecule has 3 saturated heterocycles. The van der Waals surface area contributed by atoms with Crippen LogP contribution in [0.3, 0.4) is 0 Å². The number of likely N-dealkylation sites (tertiary alicyclic amines) is 1. The van der Waals surface area contributed by atoms with Crippen molar-refractivity contribution in [2.24, 2.45) is 0 Å². The zero-order valence-electron chi connectivity index (χ0n) is 21.6. The van der Waals surface area contributed by atoms with Crippen molar-refractivity contribution in [3.05, 3.63) is 52.6 Å². The molecule has 1 aromatic carbocycles. The number of piperazine rings is 1. The van der Waals surface area contributed by atoms with Crippen LogP contribution in [0.15, 0.2) is 41.3 Å². The lowest BCUT2D eigenvalue weighted by atomic mass is 10.0. The first-order chi connectivity index (χ1) is 18.0. The third-order valence-corrected chi connectivity index (χ3v) is 8.22. The van der Waals surface area contributed by atoms with Gasteiger partial charge < -0.3 is 14.7 Å². The number of benzene rings is 1. The summed E-state index contributed by atoms with van der Waals surface area (Å²) in [6.45, 7) is 10.2. The summed E-state index contributed by atoms with van der Waals surface area (Å²) < 4.78 is 0. The van der Waals surface area contributed by atoms with Gasteiger partial charge in [-0.05, 0) is 55.9 Å². The fraction of sp³-hybridized carbons (Fsp3) is 0.481. The molecule has 196 valence electrons. The van der Waals surface area contributed by atoms with E-state index in [2.05, 4.69) is 44.0 Å². The number of hydrogen-bond acceptors (Lipinski definition) is 9. The van der Waals surface area contributed by atoms with Crippen LogP contribution in [-0.4, -0.2) is 89.8 Å². The molecule has 1 aromatic heterocycles. The normalized spacial score (nSPS) is 21.0. The van der Waals surface area contributed by atoms with Crippen molar-refractivity contribution in [3.8, 4) is 0 Å². The number of imide groups is 1. The van der Waals surface area contributed by atoms with Crippen molar-refractivity contribution in [2.75, 3.05) is 62.7 Å². The SMILES string of the molecule is CCN1CCC(N2CCN(c3nc(/C=C4/SC(=O)NC4=O)cc(N(C)Cc4ccccc4)n3)CC2)CC1. The molecule has 37 heavy (non-hydrogen) atoms. The highest BCUT2D eigenvalue weighted by molar-refractivity contribution is 8.18. The third-order valence-electron chi connectivity index (χ3n) is 7.41. The molecule has 10 heteroatoms. The summed E-state index contributed by atoms with van der Waals surface area (Å²) in [4.78, 5) is 43.4. The van der Waals surface area contributed by atoms with Gasteiger partial charge in [0.15, 0.2) is 0 Å². The Hall–Kier alpha value is -2.95. The molecule has 0 bridgehead atoms. The Bertz CT molecular complexity index is 1140. The van der Waals surface area contributed by atoms with Crippen molar-refractivity contribution in [1.29, 1.82) is 0 Å². The molecule has 0 atom stereocenters. The fourth-order valence-electron chi connectivity index (χ4n) is 5.23. The first-order valence-electron chi connectivity index (χ1n) is 13.1. The van der Waals surface area contributed by atoms with E-state index in [0.717, 1.165) is 50.3 Å². The summed E-state index contributed by atoms with van der Waals surface area (Å²) in [5.41, 5.74) is 1.81. The molecule has 4 heterocycles. The van der Waals surface area contributed by atoms with Gasteiger partial charge in [-0.1, -0.05) is 37.3 Å². The van der Waals surface area contributed by atoms with E-state index in [9.17, 15) is 9.59 Å². The minimum absolute atomic E-state index is 0.354. The van der Waals surface area contributed by atoms with Crippen molar-refractivity contribution in [3.63, 3.8) is 0 Å². The zero-order valence-corrected chi connectivity index (χ0v) is 22.4. The molecular formula is C27H35N7O2S. The highest BCUT2D eigenvalue weighted by atomic mass is 32.2. The number of rotatable bonds is 7. The van der Waals surface area contributed by atoms with Gasteiger partial charge in [0, 0.05) is 51.9 Å². The van der Waals surface area contributed by atoms with E-state index in [0.29, 0.717) is 29.1 Å². The summed E-state index contributed by atoms with van der Waals surface area (Å²) in [6.07, 6.45) is 4.16. The average Bonchev–Trinajstić information content (AvgIpc) is 3.25. The zero-order chi connectivity index (χ0) is 25.8. The average molecular weight is 522 g/mol. The molecule has 2 amide bonds. The Morgan fingerprint density at radius 1 is 1.05 bits per heavy atom. The lowest BCUT2D eigenvalue weighted by Gasteiger charge is -2.42. The lowest BCUT2D eigenvalue weighted by molar-refractivity contribution is -0.115. The molecule has 2 aromatic rings. The van der Waals surface area contributed by atoms with Crippen LogP contribution in [0.1, 0.15) is 31.0 Å². The van der Waals surface area contributed by atoms with Gasteiger partial charge in [0.1, 0.15) is 5.82 Å². The van der Waals surface area contributed by atoms with Gasteiger partial charge in [0.05, 0.1) is 10.6 Å². The second-order valence-electron chi connectivity index (χ2n) is 9.83. The second-order valence-corrected chi connectivity index (χ2v) is 10.8. The van der Waals surface area contributed by atoms with Crippen LogP contribution in [0, 0.1) is 0 Å². The molecule has 0 spiro atoms. The highest BCUT2D eigenvalue weighted by Crippen LogP contribution is 2.28. The van der Waals surface area contributed by atoms with Crippen LogP contribution in [0.5, 0.6) is 0 Å². The van der Waals surface area contributed by atoms with Gasteiger partial charge in [-0.25, -0.2) is 4.98 Å². The molecular weight excluding hydrogens is 486 g/mol. The quantitative estimate of drug-likeness (QED) is 0.553. The number of amides is 2. The first kappa shape index (κ1) is 25.7. The van der Waals surface area contributed by atoms with E-state index in [1.807, 2.05) is 31.3 Å². The topological polar surface area (TPSA) is 84.9 Å². The van der Waals surface area contributed by atoms with Crippen molar-refractivity contribution >= 4 is 40.8 Å². The molecule has 3 aliphatic heterocycles. The van der Waals surface area contributed by atoms with Crippen LogP contribution < -0.4 is 15.1 Å². The standard InChI is InChI=1S/C27H35N7O2S/c1-3-32-11-9-22(10-12-32)33-13-15-34(16-14-33)26-28-21(17-23-25(35)30-27(36)37-23)18-24(29-26)31(2)19-20-7-5-4-6-8-20/h4-8,17-18,22H,3,9-16,19H2,1-2H3,(H,30,35,36)/b23-17+. The van der Waals surface area contributed by atoms with Crippen molar-refractivity contribution in [2.45, 2.75) is 32.4 Å². The number of carbonyl (C=O) groups is 2. The van der Waals surface area contributed by atoms with Crippen LogP contribution in [0.25, 0.3) is 6.08 Å². The molecule has 9 nitrogen and oxygen atoms in total. The Morgan fingerprint density at radius 2 is 1.78 bits per heavy atom. The smallest absolute Gasteiger partial charge is 0.290 e. The summed E-state index contributed by atoms with van der Waals surface area (Å²) in [5, 5.41) is 1.97. The number of piperidine rings is 1. The second kappa shape index (κ2) is 11.6. The number of nitrogens with one attached hydrogen (secondary N) is 1. The minimum Gasteiger partial charge on any atom is -0.355 e. The number of anilines is 2. The largest absolute Gasteiger partial charge is 0.355 e. The maximum atomic E-state index is 12.2. The molecule has 0 aliphatic carbocycles. The molecule has 0 saturated carbocycles. The Balaban J connectivity index is 1.34. The van der Waals surface area contributed by atoms with E-state index >= 15 is 0 Å². The third kappa shape index (κ3) is 6.31. The Labute approximate surface area is 222 Å². The molecule has 0 unspecified atom stereocenters. The van der Waals surface area contributed by atoms with Gasteiger partial charge in [0.2, 0.25) is 5.95 Å². The number of thioether (sulfide) groups is 1. The molecule has 0 radical (unpaired) electrons. The van der Waals surface area contributed by atoms with Gasteiger partial charge in [-0.2, -0.15) is 4.98 Å². The predicted octanol–water partition coefficient (Wildman–Crippen LogP) is 3.04. The number of aromatic nitrogens is 2. The van der Waals surface area contributed by atoms with Crippen molar-refractivity contribution < 1.29 is 9.59 Å². The predicted molar refractivity (Wildman–Crippen MR) is 149 cm³/mol. The summed E-state index contributed by atoms with van der Waals surface area (Å²) >= 11 is 0.908. The van der Waals surface area contributed by atoms with E-state index in [1.165, 1.54) is 31.5 Å². The Morgan fingerprint density at radius 3 is 2.43 bits per heavy atom. The van der Waals surface area contributed by atoms with Gasteiger partial charge in [0.25, 0.3) is 11.1 Å². The van der Waals surface area contributed by atoms with Crippen LogP contribution in [0.2, 0.25) is 0 Å². The van der Waals surface area contributed by atoms with E-state index in [4.69, 9.17) is 9.97 Å². The number of nitrogens with zero attached hydrogens (tertiary/aromatic N) is 6. The summed E-state index contributed by atoms with van der Waals surface area (Å²) in [7, 11) is 2.01. The van der Waals surface area contributed by atoms with Gasteiger partial charge in [-0.3, -0.25) is 19.8 Å². The van der Waals surface area contributed by atoms with E-state index < -0.39 is 0 Å². The first-order valence-corrected chi connectivity index (χ1v) is 13.9. The molecule has 5 rings (SSSR count). The van der Waals surface area contributed by atoms with E-state index in [-0.39, 0.29) is 11.1 Å². The molecule has 3 fully saturated rings.